The molecule has 3 rings (SSSR count). The minimum Gasteiger partial charge on any atom is -0.400 e. The number of fused-ring (bicyclic) bond motifs is 1. The average molecular weight is 315 g/mol. The van der Waals surface area contributed by atoms with Crippen LogP contribution in [0.1, 0.15) is 38.8 Å². The van der Waals surface area contributed by atoms with Crippen molar-refractivity contribution in [1.29, 1.82) is 0 Å². The van der Waals surface area contributed by atoms with Gasteiger partial charge in [0.05, 0.1) is 24.2 Å². The van der Waals surface area contributed by atoms with Crippen molar-refractivity contribution < 1.29 is 19.2 Å². The van der Waals surface area contributed by atoms with Crippen molar-refractivity contribution in [1.82, 2.24) is 0 Å². The highest BCUT2D eigenvalue weighted by Gasteiger charge is 2.52. The van der Waals surface area contributed by atoms with Crippen LogP contribution in [0.4, 0.5) is 5.69 Å². The number of amides is 1. The van der Waals surface area contributed by atoms with Crippen molar-refractivity contribution in [2.45, 2.75) is 45.3 Å². The standard InChI is InChI=1S/C17H22BNO4/c1-16(2)17(3,4)23-18(22-16)13(10-20)7-11-5-6-12-9-15(21)19-14(12)8-11/h5-8,20H,9-10H2,1-4H3,(H,19,21). The lowest BCUT2D eigenvalue weighted by Crippen LogP contribution is -2.41. The van der Waals surface area contributed by atoms with Gasteiger partial charge in [0.2, 0.25) is 5.91 Å². The summed E-state index contributed by atoms with van der Waals surface area (Å²) in [4.78, 5) is 11.4. The van der Waals surface area contributed by atoms with Gasteiger partial charge >= 0.3 is 7.12 Å². The molecule has 0 atom stereocenters. The van der Waals surface area contributed by atoms with Crippen LogP contribution in [0.3, 0.4) is 0 Å². The third-order valence-corrected chi connectivity index (χ3v) is 4.85. The number of hydrogen-bond acceptors (Lipinski definition) is 4. The first-order chi connectivity index (χ1) is 10.7. The number of aliphatic hydroxyl groups is 1. The Morgan fingerprint density at radius 1 is 1.30 bits per heavy atom. The minimum atomic E-state index is -0.576. The summed E-state index contributed by atoms with van der Waals surface area (Å²) in [5.74, 6) is 0.00877. The third-order valence-electron chi connectivity index (χ3n) is 4.85. The van der Waals surface area contributed by atoms with Gasteiger partial charge in [-0.15, -0.1) is 0 Å². The van der Waals surface area contributed by atoms with E-state index < -0.39 is 18.3 Å². The maximum absolute atomic E-state index is 11.4. The van der Waals surface area contributed by atoms with E-state index in [2.05, 4.69) is 5.32 Å². The molecule has 0 radical (unpaired) electrons. The van der Waals surface area contributed by atoms with E-state index in [0.29, 0.717) is 11.9 Å². The molecule has 1 aromatic carbocycles. The van der Waals surface area contributed by atoms with Gasteiger partial charge in [0, 0.05) is 5.69 Å². The second-order valence-electron chi connectivity index (χ2n) is 7.11. The quantitative estimate of drug-likeness (QED) is 0.839. The highest BCUT2D eigenvalue weighted by atomic mass is 16.7. The Labute approximate surface area is 136 Å². The van der Waals surface area contributed by atoms with Crippen LogP contribution >= 0.6 is 0 Å². The van der Waals surface area contributed by atoms with Crippen LogP contribution in [0.25, 0.3) is 6.08 Å². The molecule has 1 saturated heterocycles. The summed E-state index contributed by atoms with van der Waals surface area (Å²) in [6, 6.07) is 5.76. The van der Waals surface area contributed by atoms with Crippen molar-refractivity contribution in [2.24, 2.45) is 0 Å². The van der Waals surface area contributed by atoms with Crippen LogP contribution in [0.15, 0.2) is 23.7 Å². The minimum absolute atomic E-state index is 0.00877. The van der Waals surface area contributed by atoms with Gasteiger partial charge in [-0.25, -0.2) is 0 Å². The van der Waals surface area contributed by atoms with Gasteiger partial charge < -0.3 is 19.7 Å². The Kier molecular flexibility index (Phi) is 3.87. The van der Waals surface area contributed by atoms with Gasteiger partial charge in [-0.2, -0.15) is 0 Å². The Morgan fingerprint density at radius 3 is 2.57 bits per heavy atom. The average Bonchev–Trinajstić information content (AvgIpc) is 2.91. The fourth-order valence-electron chi connectivity index (χ4n) is 2.72. The van der Waals surface area contributed by atoms with Crippen molar-refractivity contribution in [3.8, 4) is 0 Å². The molecule has 1 aromatic rings. The first-order valence-electron chi connectivity index (χ1n) is 7.81. The molecule has 2 heterocycles. The molecule has 6 heteroatoms. The highest BCUT2D eigenvalue weighted by molar-refractivity contribution is 6.55. The van der Waals surface area contributed by atoms with E-state index >= 15 is 0 Å². The number of hydrogen-bond donors (Lipinski definition) is 2. The van der Waals surface area contributed by atoms with Crippen LogP contribution in [0.2, 0.25) is 0 Å². The summed E-state index contributed by atoms with van der Waals surface area (Å²) in [5.41, 5.74) is 2.48. The number of nitrogens with one attached hydrogen (secondary N) is 1. The van der Waals surface area contributed by atoms with Gasteiger partial charge in [-0.05, 0) is 50.4 Å². The lowest BCUT2D eigenvalue weighted by molar-refractivity contribution is -0.115. The number of carbonyl (C=O) groups is 1. The molecular weight excluding hydrogens is 293 g/mol. The molecule has 0 aliphatic carbocycles. The number of benzene rings is 1. The molecule has 23 heavy (non-hydrogen) atoms. The molecule has 1 amide bonds. The monoisotopic (exact) mass is 315 g/mol. The number of anilines is 1. The first-order valence-corrected chi connectivity index (χ1v) is 7.81. The van der Waals surface area contributed by atoms with Gasteiger partial charge in [0.1, 0.15) is 0 Å². The predicted molar refractivity (Wildman–Crippen MR) is 89.9 cm³/mol. The van der Waals surface area contributed by atoms with E-state index in [1.165, 1.54) is 0 Å². The maximum atomic E-state index is 11.4. The molecule has 2 aliphatic rings. The molecule has 0 spiro atoms. The molecule has 0 unspecified atom stereocenters. The largest absolute Gasteiger partial charge is 0.492 e. The molecular formula is C17H22BNO4. The van der Waals surface area contributed by atoms with Gasteiger partial charge in [0.15, 0.2) is 0 Å². The molecule has 0 aromatic heterocycles. The SMILES string of the molecule is CC1(C)OB(C(=Cc2ccc3c(c2)NC(=O)C3)CO)OC1(C)C. The van der Waals surface area contributed by atoms with E-state index in [1.807, 2.05) is 52.0 Å². The van der Waals surface area contributed by atoms with Crippen molar-refractivity contribution in [3.63, 3.8) is 0 Å². The Bertz CT molecular complexity index is 665. The summed E-state index contributed by atoms with van der Waals surface area (Å²) in [7, 11) is -0.576. The second kappa shape index (κ2) is 5.48. The topological polar surface area (TPSA) is 67.8 Å². The molecule has 2 N–H and O–H groups in total. The number of carbonyl (C=O) groups excluding carboxylic acids is 1. The maximum Gasteiger partial charge on any atom is 0.492 e. The Hall–Kier alpha value is -1.63. The predicted octanol–water partition coefficient (Wildman–Crippen LogP) is 2.19. The Morgan fingerprint density at radius 2 is 1.96 bits per heavy atom. The molecule has 0 saturated carbocycles. The van der Waals surface area contributed by atoms with E-state index in [1.54, 1.807) is 0 Å². The summed E-state index contributed by atoms with van der Waals surface area (Å²) in [6.45, 7) is 7.76. The summed E-state index contributed by atoms with van der Waals surface area (Å²) < 4.78 is 12.0. The number of rotatable bonds is 3. The van der Waals surface area contributed by atoms with Gasteiger partial charge in [0.25, 0.3) is 0 Å². The van der Waals surface area contributed by atoms with Gasteiger partial charge in [-0.3, -0.25) is 4.79 Å². The summed E-state index contributed by atoms with van der Waals surface area (Å²) in [5, 5.41) is 12.6. The molecule has 1 fully saturated rings. The van der Waals surface area contributed by atoms with E-state index in [4.69, 9.17) is 9.31 Å². The fraction of sp³-hybridized carbons (Fsp3) is 0.471. The van der Waals surface area contributed by atoms with Crippen molar-refractivity contribution in [2.75, 3.05) is 11.9 Å². The van der Waals surface area contributed by atoms with Crippen molar-refractivity contribution in [3.05, 3.63) is 34.8 Å². The molecule has 0 bridgehead atoms. The summed E-state index contributed by atoms with van der Waals surface area (Å²) >= 11 is 0. The smallest absolute Gasteiger partial charge is 0.400 e. The lowest BCUT2D eigenvalue weighted by atomic mass is 9.77. The van der Waals surface area contributed by atoms with Crippen molar-refractivity contribution >= 4 is 24.8 Å². The zero-order valence-electron chi connectivity index (χ0n) is 14.0. The van der Waals surface area contributed by atoms with Gasteiger partial charge in [-0.1, -0.05) is 18.2 Å². The fourth-order valence-corrected chi connectivity index (χ4v) is 2.72. The Balaban J connectivity index is 1.86. The van der Waals surface area contributed by atoms with E-state index in [0.717, 1.165) is 16.8 Å². The zero-order chi connectivity index (χ0) is 16.8. The molecule has 5 nitrogen and oxygen atoms in total. The normalized spacial score (nSPS) is 22.2. The van der Waals surface area contributed by atoms with Crippen LogP contribution in [-0.2, 0) is 20.5 Å². The highest BCUT2D eigenvalue weighted by Crippen LogP contribution is 2.38. The molecule has 2 aliphatic heterocycles. The van der Waals surface area contributed by atoms with Crippen LogP contribution in [0, 0.1) is 0 Å². The van der Waals surface area contributed by atoms with Crippen LogP contribution < -0.4 is 5.32 Å². The van der Waals surface area contributed by atoms with Crippen LogP contribution in [0.5, 0.6) is 0 Å². The first kappa shape index (κ1) is 16.2. The number of aliphatic hydroxyl groups excluding tert-OH is 1. The summed E-state index contributed by atoms with van der Waals surface area (Å²) in [6.07, 6.45) is 2.27. The van der Waals surface area contributed by atoms with E-state index in [-0.39, 0.29) is 12.5 Å². The third kappa shape index (κ3) is 2.94. The molecule has 122 valence electrons. The van der Waals surface area contributed by atoms with E-state index in [9.17, 15) is 9.90 Å². The second-order valence-corrected chi connectivity index (χ2v) is 7.11. The van der Waals surface area contributed by atoms with Crippen LogP contribution in [-0.4, -0.2) is 35.9 Å². The lowest BCUT2D eigenvalue weighted by Gasteiger charge is -2.32. The zero-order valence-corrected chi connectivity index (χ0v) is 14.0.